The van der Waals surface area contributed by atoms with Gasteiger partial charge in [-0.05, 0) is 68.3 Å². The zero-order valence-corrected chi connectivity index (χ0v) is 19.2. The lowest BCUT2D eigenvalue weighted by Gasteiger charge is -2.28. The van der Waals surface area contributed by atoms with Crippen LogP contribution in [-0.4, -0.2) is 59.1 Å². The van der Waals surface area contributed by atoms with Crippen LogP contribution in [0.15, 0.2) is 24.5 Å². The van der Waals surface area contributed by atoms with E-state index in [0.717, 1.165) is 74.3 Å². The Labute approximate surface area is 188 Å². The number of benzene rings is 1. The number of ether oxygens (including phenoxy) is 2. The van der Waals surface area contributed by atoms with Crippen molar-refractivity contribution < 1.29 is 9.47 Å². The third-order valence-corrected chi connectivity index (χ3v) is 6.87. The number of likely N-dealkylation sites (N-methyl/N-ethyl adjacent to an activating group) is 1. The highest BCUT2D eigenvalue weighted by molar-refractivity contribution is 5.76. The second kappa shape index (κ2) is 9.03. The largest absolute Gasteiger partial charge is 0.495 e. The smallest absolute Gasteiger partial charge is 0.229 e. The van der Waals surface area contributed by atoms with E-state index in [4.69, 9.17) is 14.5 Å². The number of hydrogen-bond acceptors (Lipinski definition) is 7. The standard InChI is InChI=1S/C24H32N6O2/c1-29-9-8-17-11-22(32-3)21(10-18(17)14-29)27-24-25-12-19-13-26-30(23(19)28-24)20-6-4-16(5-7-20)15-31-2/h10-13,16,20H,4-9,14-15H2,1-3H3,(H,25,27,28)/t16-,20-. The number of rotatable bonds is 6. The van der Waals surface area contributed by atoms with Gasteiger partial charge in [0.05, 0.1) is 30.4 Å². The first-order valence-electron chi connectivity index (χ1n) is 11.5. The highest BCUT2D eigenvalue weighted by Gasteiger charge is 2.25. The van der Waals surface area contributed by atoms with Crippen molar-refractivity contribution in [2.24, 2.45) is 5.92 Å². The summed E-state index contributed by atoms with van der Waals surface area (Å²) in [5.41, 5.74) is 4.45. The molecular formula is C24H32N6O2. The lowest BCUT2D eigenvalue weighted by Crippen LogP contribution is -2.26. The van der Waals surface area contributed by atoms with Gasteiger partial charge in [-0.3, -0.25) is 0 Å². The van der Waals surface area contributed by atoms with E-state index in [-0.39, 0.29) is 0 Å². The molecule has 0 saturated heterocycles. The minimum atomic E-state index is 0.372. The first-order valence-corrected chi connectivity index (χ1v) is 11.5. The Balaban J connectivity index is 1.40. The molecule has 0 unspecified atom stereocenters. The Morgan fingerprint density at radius 1 is 1.09 bits per heavy atom. The van der Waals surface area contributed by atoms with Gasteiger partial charge in [0.15, 0.2) is 5.65 Å². The molecular weight excluding hydrogens is 404 g/mol. The molecule has 8 heteroatoms. The quantitative estimate of drug-likeness (QED) is 0.627. The van der Waals surface area contributed by atoms with Gasteiger partial charge in [0.2, 0.25) is 5.95 Å². The van der Waals surface area contributed by atoms with Crippen molar-refractivity contribution in [2.75, 3.05) is 39.7 Å². The summed E-state index contributed by atoms with van der Waals surface area (Å²) in [5.74, 6) is 2.04. The van der Waals surface area contributed by atoms with Crippen LogP contribution < -0.4 is 10.1 Å². The maximum Gasteiger partial charge on any atom is 0.229 e. The monoisotopic (exact) mass is 436 g/mol. The van der Waals surface area contributed by atoms with Crippen LogP contribution in [0.5, 0.6) is 5.75 Å². The van der Waals surface area contributed by atoms with E-state index < -0.39 is 0 Å². The molecule has 0 bridgehead atoms. The molecule has 1 aliphatic carbocycles. The fraction of sp³-hybridized carbons (Fsp3) is 0.542. The third-order valence-electron chi connectivity index (χ3n) is 6.87. The van der Waals surface area contributed by atoms with Crippen molar-refractivity contribution >= 4 is 22.7 Å². The molecule has 0 spiro atoms. The van der Waals surface area contributed by atoms with Crippen molar-refractivity contribution in [3.8, 4) is 5.75 Å². The lowest BCUT2D eigenvalue weighted by atomic mass is 9.86. The van der Waals surface area contributed by atoms with Gasteiger partial charge < -0.3 is 19.7 Å². The van der Waals surface area contributed by atoms with E-state index >= 15 is 0 Å². The highest BCUT2D eigenvalue weighted by atomic mass is 16.5. The zero-order chi connectivity index (χ0) is 22.1. The van der Waals surface area contributed by atoms with Crippen molar-refractivity contribution in [2.45, 2.75) is 44.7 Å². The fourth-order valence-electron chi connectivity index (χ4n) is 5.07. The SMILES string of the molecule is COC[C@H]1CC[C@H](n2ncc3cnc(Nc4cc5c(cc4OC)CCN(C)C5)nc32)CC1. The molecule has 0 atom stereocenters. The van der Waals surface area contributed by atoms with Crippen molar-refractivity contribution in [1.82, 2.24) is 24.6 Å². The van der Waals surface area contributed by atoms with E-state index in [1.807, 2.05) is 12.4 Å². The van der Waals surface area contributed by atoms with Gasteiger partial charge in [-0.1, -0.05) is 0 Å². The number of nitrogens with zero attached hydrogens (tertiary/aromatic N) is 5. The summed E-state index contributed by atoms with van der Waals surface area (Å²) in [6.07, 6.45) is 9.29. The summed E-state index contributed by atoms with van der Waals surface area (Å²) in [7, 11) is 5.65. The van der Waals surface area contributed by atoms with Crippen molar-refractivity contribution in [1.29, 1.82) is 0 Å². The molecule has 1 saturated carbocycles. The number of aromatic nitrogens is 4. The predicted octanol–water partition coefficient (Wildman–Crippen LogP) is 3.94. The molecule has 1 aromatic carbocycles. The summed E-state index contributed by atoms with van der Waals surface area (Å²) in [6.45, 7) is 2.85. The van der Waals surface area contributed by atoms with Crippen molar-refractivity contribution in [3.05, 3.63) is 35.7 Å². The summed E-state index contributed by atoms with van der Waals surface area (Å²) >= 11 is 0. The van der Waals surface area contributed by atoms with Crippen LogP contribution in [-0.2, 0) is 17.7 Å². The first kappa shape index (κ1) is 21.2. The lowest BCUT2D eigenvalue weighted by molar-refractivity contribution is 0.119. The molecule has 3 heterocycles. The molecule has 2 aromatic heterocycles. The summed E-state index contributed by atoms with van der Waals surface area (Å²) in [4.78, 5) is 11.7. The first-order chi connectivity index (χ1) is 15.6. The van der Waals surface area contributed by atoms with Crippen LogP contribution in [0.2, 0.25) is 0 Å². The number of anilines is 2. The maximum absolute atomic E-state index is 5.67. The average molecular weight is 437 g/mol. The topological polar surface area (TPSA) is 77.3 Å². The second-order valence-corrected chi connectivity index (χ2v) is 9.13. The molecule has 1 N–H and O–H groups in total. The predicted molar refractivity (Wildman–Crippen MR) is 125 cm³/mol. The molecule has 32 heavy (non-hydrogen) atoms. The Morgan fingerprint density at radius 3 is 2.72 bits per heavy atom. The highest BCUT2D eigenvalue weighted by Crippen LogP contribution is 2.35. The number of hydrogen-bond donors (Lipinski definition) is 1. The Bertz CT molecular complexity index is 1090. The van der Waals surface area contributed by atoms with Crippen LogP contribution >= 0.6 is 0 Å². The molecule has 5 rings (SSSR count). The average Bonchev–Trinajstić information content (AvgIpc) is 3.22. The van der Waals surface area contributed by atoms with Gasteiger partial charge in [-0.25, -0.2) is 9.67 Å². The number of methoxy groups -OCH3 is 2. The normalized spacial score (nSPS) is 21.5. The molecule has 3 aromatic rings. The van der Waals surface area contributed by atoms with Gasteiger partial charge in [0.1, 0.15) is 5.75 Å². The van der Waals surface area contributed by atoms with Crippen LogP contribution in [0, 0.1) is 5.92 Å². The van der Waals surface area contributed by atoms with Crippen molar-refractivity contribution in [3.63, 3.8) is 0 Å². The Hall–Kier alpha value is -2.71. The number of nitrogens with one attached hydrogen (secondary N) is 1. The van der Waals surface area contributed by atoms with Crippen LogP contribution in [0.25, 0.3) is 11.0 Å². The summed E-state index contributed by atoms with van der Waals surface area (Å²) in [5, 5.41) is 9.03. The summed E-state index contributed by atoms with van der Waals surface area (Å²) in [6, 6.07) is 4.69. The van der Waals surface area contributed by atoms with Gasteiger partial charge in [-0.2, -0.15) is 10.1 Å². The molecule has 0 amide bonds. The van der Waals surface area contributed by atoms with E-state index in [1.54, 1.807) is 14.2 Å². The van der Waals surface area contributed by atoms with Gasteiger partial charge in [0, 0.05) is 33.0 Å². The molecule has 1 aliphatic heterocycles. The zero-order valence-electron chi connectivity index (χ0n) is 19.2. The van der Waals surface area contributed by atoms with E-state index in [2.05, 4.69) is 44.2 Å². The van der Waals surface area contributed by atoms with Gasteiger partial charge in [0.25, 0.3) is 0 Å². The second-order valence-electron chi connectivity index (χ2n) is 9.13. The molecule has 8 nitrogen and oxygen atoms in total. The third kappa shape index (κ3) is 4.17. The van der Waals surface area contributed by atoms with Gasteiger partial charge >= 0.3 is 0 Å². The fourth-order valence-corrected chi connectivity index (χ4v) is 5.07. The van der Waals surface area contributed by atoms with Crippen LogP contribution in [0.3, 0.4) is 0 Å². The molecule has 170 valence electrons. The Morgan fingerprint density at radius 2 is 1.94 bits per heavy atom. The molecule has 2 aliphatic rings. The minimum absolute atomic E-state index is 0.372. The minimum Gasteiger partial charge on any atom is -0.495 e. The van der Waals surface area contributed by atoms with E-state index in [0.29, 0.717) is 17.9 Å². The molecule has 1 fully saturated rings. The Kier molecular flexibility index (Phi) is 5.97. The van der Waals surface area contributed by atoms with E-state index in [9.17, 15) is 0 Å². The van der Waals surface area contributed by atoms with Gasteiger partial charge in [-0.15, -0.1) is 0 Å². The summed E-state index contributed by atoms with van der Waals surface area (Å²) < 4.78 is 13.1. The van der Waals surface area contributed by atoms with Crippen LogP contribution in [0.1, 0.15) is 42.9 Å². The van der Waals surface area contributed by atoms with Crippen LogP contribution in [0.4, 0.5) is 11.6 Å². The number of fused-ring (bicyclic) bond motifs is 2. The molecule has 0 radical (unpaired) electrons. The van der Waals surface area contributed by atoms with E-state index in [1.165, 1.54) is 11.1 Å². The maximum atomic E-state index is 5.67.